The highest BCUT2D eigenvalue weighted by molar-refractivity contribution is 6.31. The fraction of sp³-hybridized carbons (Fsp3) is 0.227. The third-order valence-corrected chi connectivity index (χ3v) is 5.13. The Balaban J connectivity index is 1.75. The third-order valence-electron chi connectivity index (χ3n) is 4.81. The second-order valence-corrected chi connectivity index (χ2v) is 7.50. The van der Waals surface area contributed by atoms with Gasteiger partial charge in [0.05, 0.1) is 11.4 Å². The lowest BCUT2D eigenvalue weighted by atomic mass is 10.0. The molecular weight excluding hydrogens is 418 g/mol. The molecule has 0 aliphatic rings. The summed E-state index contributed by atoms with van der Waals surface area (Å²) < 4.78 is 12.3. The van der Waals surface area contributed by atoms with Crippen LogP contribution in [0, 0.1) is 27.7 Å². The van der Waals surface area contributed by atoms with Crippen LogP contribution in [0.2, 0.25) is 5.02 Å². The van der Waals surface area contributed by atoms with Gasteiger partial charge < -0.3 is 9.15 Å². The number of rotatable bonds is 5. The molecule has 3 aromatic heterocycles. The molecule has 0 bridgehead atoms. The molecule has 0 unspecified atom stereocenters. The molecule has 0 atom stereocenters. The number of hydrogen-bond acceptors (Lipinski definition) is 7. The van der Waals surface area contributed by atoms with Crippen molar-refractivity contribution in [1.29, 1.82) is 0 Å². The number of oxazole rings is 1. The van der Waals surface area contributed by atoms with Gasteiger partial charge in [-0.1, -0.05) is 23.7 Å². The monoisotopic (exact) mass is 437 g/mol. The van der Waals surface area contributed by atoms with E-state index in [1.165, 1.54) is 17.2 Å². The van der Waals surface area contributed by atoms with Crippen molar-refractivity contribution in [2.75, 3.05) is 0 Å². The van der Waals surface area contributed by atoms with Crippen LogP contribution < -0.4 is 10.3 Å². The van der Waals surface area contributed by atoms with E-state index >= 15 is 0 Å². The van der Waals surface area contributed by atoms with E-state index in [4.69, 9.17) is 20.8 Å². The Morgan fingerprint density at radius 3 is 2.65 bits per heavy atom. The molecule has 4 rings (SSSR count). The van der Waals surface area contributed by atoms with Crippen molar-refractivity contribution in [3.05, 3.63) is 80.9 Å². The molecule has 3 heterocycles. The zero-order valence-electron chi connectivity index (χ0n) is 17.5. The van der Waals surface area contributed by atoms with Crippen LogP contribution in [0.4, 0.5) is 0 Å². The first-order chi connectivity index (χ1) is 14.8. The van der Waals surface area contributed by atoms with Crippen LogP contribution in [0.15, 0.2) is 46.2 Å². The van der Waals surface area contributed by atoms with Gasteiger partial charge in [-0.3, -0.25) is 9.36 Å². The van der Waals surface area contributed by atoms with Crippen molar-refractivity contribution < 1.29 is 9.15 Å². The Morgan fingerprint density at radius 1 is 1.13 bits per heavy atom. The lowest BCUT2D eigenvalue weighted by Gasteiger charge is -2.16. The number of halogens is 1. The second-order valence-electron chi connectivity index (χ2n) is 7.12. The van der Waals surface area contributed by atoms with Crippen LogP contribution in [0.25, 0.3) is 16.9 Å². The van der Waals surface area contributed by atoms with Gasteiger partial charge in [0, 0.05) is 18.7 Å². The van der Waals surface area contributed by atoms with E-state index in [0.29, 0.717) is 23.1 Å². The summed E-state index contributed by atoms with van der Waals surface area (Å²) in [6.07, 6.45) is 4.74. The molecule has 0 radical (unpaired) electrons. The molecule has 0 aliphatic carbocycles. The molecule has 9 heteroatoms. The highest BCUT2D eigenvalue weighted by Gasteiger charge is 2.18. The van der Waals surface area contributed by atoms with E-state index in [1.54, 1.807) is 20.0 Å². The Kier molecular flexibility index (Phi) is 5.56. The van der Waals surface area contributed by atoms with E-state index in [0.717, 1.165) is 22.4 Å². The van der Waals surface area contributed by atoms with Gasteiger partial charge in [0.1, 0.15) is 30.7 Å². The first-order valence-electron chi connectivity index (χ1n) is 9.56. The molecule has 0 saturated carbocycles. The van der Waals surface area contributed by atoms with Crippen LogP contribution >= 0.6 is 11.6 Å². The maximum absolute atomic E-state index is 13.1. The van der Waals surface area contributed by atoms with Crippen molar-refractivity contribution in [2.24, 2.45) is 0 Å². The van der Waals surface area contributed by atoms with Crippen LogP contribution in [0.3, 0.4) is 0 Å². The molecule has 1 aromatic carbocycles. The molecule has 4 aromatic rings. The number of aryl methyl sites for hydroxylation is 4. The Hall–Kier alpha value is -3.52. The molecule has 8 nitrogen and oxygen atoms in total. The minimum Gasteiger partial charge on any atom is -0.470 e. The molecular formula is C22H20ClN5O3. The van der Waals surface area contributed by atoms with Gasteiger partial charge in [-0.05, 0) is 38.0 Å². The van der Waals surface area contributed by atoms with E-state index in [9.17, 15) is 4.79 Å². The predicted octanol–water partition coefficient (Wildman–Crippen LogP) is 4.14. The van der Waals surface area contributed by atoms with Crippen molar-refractivity contribution in [3.63, 3.8) is 0 Å². The van der Waals surface area contributed by atoms with Gasteiger partial charge in [0.25, 0.3) is 5.56 Å². The maximum atomic E-state index is 13.1. The SMILES string of the molecule is Cc1nc(COc2nc(C)n(-c3cc(-c4ncncc4C)ccc3C)c(=O)c2Cl)co1. The number of hydrogen-bond donors (Lipinski definition) is 0. The summed E-state index contributed by atoms with van der Waals surface area (Å²) in [7, 11) is 0. The summed E-state index contributed by atoms with van der Waals surface area (Å²) in [6.45, 7) is 7.41. The topological polar surface area (TPSA) is 95.9 Å². The molecule has 0 amide bonds. The fourth-order valence-electron chi connectivity index (χ4n) is 3.28. The highest BCUT2D eigenvalue weighted by Crippen LogP contribution is 2.27. The van der Waals surface area contributed by atoms with Crippen LogP contribution in [0.5, 0.6) is 5.88 Å². The summed E-state index contributed by atoms with van der Waals surface area (Å²) in [6, 6.07) is 5.79. The lowest BCUT2D eigenvalue weighted by Crippen LogP contribution is -2.24. The zero-order valence-corrected chi connectivity index (χ0v) is 18.3. The smallest absolute Gasteiger partial charge is 0.280 e. The van der Waals surface area contributed by atoms with Gasteiger partial charge in [0.15, 0.2) is 10.9 Å². The number of ether oxygens (including phenoxy) is 1. The second kappa shape index (κ2) is 8.31. The first-order valence-corrected chi connectivity index (χ1v) is 9.94. The third kappa shape index (κ3) is 4.06. The highest BCUT2D eigenvalue weighted by atomic mass is 35.5. The molecule has 0 N–H and O–H groups in total. The molecule has 0 fully saturated rings. The van der Waals surface area contributed by atoms with Crippen LogP contribution in [-0.4, -0.2) is 24.5 Å². The predicted molar refractivity (Wildman–Crippen MR) is 116 cm³/mol. The van der Waals surface area contributed by atoms with E-state index in [1.807, 2.05) is 32.0 Å². The minimum atomic E-state index is -0.417. The molecule has 0 saturated heterocycles. The van der Waals surface area contributed by atoms with Crippen molar-refractivity contribution in [2.45, 2.75) is 34.3 Å². The summed E-state index contributed by atoms with van der Waals surface area (Å²) >= 11 is 6.34. The van der Waals surface area contributed by atoms with Gasteiger partial charge in [-0.2, -0.15) is 4.98 Å². The summed E-state index contributed by atoms with van der Waals surface area (Å²) in [4.78, 5) is 30.1. The van der Waals surface area contributed by atoms with Gasteiger partial charge in [-0.25, -0.2) is 15.0 Å². The Labute approximate surface area is 183 Å². The van der Waals surface area contributed by atoms with Crippen molar-refractivity contribution >= 4 is 11.6 Å². The molecule has 0 spiro atoms. The Morgan fingerprint density at radius 2 is 1.94 bits per heavy atom. The standard InChI is InChI=1S/C22H20ClN5O3/c1-12-5-6-16(20-13(2)8-24-11-25-20)7-18(12)28-14(3)26-21(19(23)22(28)29)31-10-17-9-30-15(4)27-17/h5-9,11H,10H2,1-4H3. The molecule has 0 aliphatic heterocycles. The van der Waals surface area contributed by atoms with Crippen LogP contribution in [-0.2, 0) is 6.61 Å². The molecule has 158 valence electrons. The van der Waals surface area contributed by atoms with Gasteiger partial charge in [-0.15, -0.1) is 0 Å². The molecule has 31 heavy (non-hydrogen) atoms. The van der Waals surface area contributed by atoms with E-state index < -0.39 is 5.56 Å². The van der Waals surface area contributed by atoms with Crippen molar-refractivity contribution in [1.82, 2.24) is 24.5 Å². The van der Waals surface area contributed by atoms with Crippen molar-refractivity contribution in [3.8, 4) is 22.8 Å². The average Bonchev–Trinajstić information content (AvgIpc) is 3.16. The minimum absolute atomic E-state index is 0.0570. The number of nitrogens with zero attached hydrogens (tertiary/aromatic N) is 5. The largest absolute Gasteiger partial charge is 0.470 e. The van der Waals surface area contributed by atoms with E-state index in [2.05, 4.69) is 19.9 Å². The average molecular weight is 438 g/mol. The van der Waals surface area contributed by atoms with Crippen LogP contribution in [0.1, 0.15) is 28.5 Å². The van der Waals surface area contributed by atoms with E-state index in [-0.39, 0.29) is 17.5 Å². The number of benzene rings is 1. The van der Waals surface area contributed by atoms with Gasteiger partial charge >= 0.3 is 0 Å². The normalized spacial score (nSPS) is 11.0. The number of aromatic nitrogens is 5. The van der Waals surface area contributed by atoms with Gasteiger partial charge in [0.2, 0.25) is 5.88 Å². The summed E-state index contributed by atoms with van der Waals surface area (Å²) in [5.41, 5.74) is 4.33. The zero-order chi connectivity index (χ0) is 22.1. The Bertz CT molecular complexity index is 1330. The summed E-state index contributed by atoms with van der Waals surface area (Å²) in [5.74, 6) is 1.03. The summed E-state index contributed by atoms with van der Waals surface area (Å²) in [5, 5.41) is -0.103. The maximum Gasteiger partial charge on any atom is 0.280 e. The fourth-order valence-corrected chi connectivity index (χ4v) is 3.46. The lowest BCUT2D eigenvalue weighted by molar-refractivity contribution is 0.287. The first kappa shape index (κ1) is 20.7. The quantitative estimate of drug-likeness (QED) is 0.462.